The average Bonchev–Trinajstić information content (AvgIpc) is 3.29. The van der Waals surface area contributed by atoms with Gasteiger partial charge in [0.05, 0.1) is 11.3 Å². The number of rotatable bonds is 7. The highest BCUT2D eigenvalue weighted by atomic mass is 16.5. The minimum atomic E-state index is -0.0180. The Kier molecular flexibility index (Phi) is 6.49. The normalized spacial score (nSPS) is 16.4. The minimum absolute atomic E-state index is 0.0180. The molecule has 1 saturated heterocycles. The van der Waals surface area contributed by atoms with Crippen LogP contribution in [0, 0.1) is 0 Å². The maximum absolute atomic E-state index is 13.3. The minimum Gasteiger partial charge on any atom is -0.357 e. The van der Waals surface area contributed by atoms with Gasteiger partial charge in [-0.2, -0.15) is 5.10 Å². The van der Waals surface area contributed by atoms with Crippen molar-refractivity contribution in [3.05, 3.63) is 66.2 Å². The molecule has 0 aliphatic carbocycles. The lowest BCUT2D eigenvalue weighted by atomic mass is 10.1. The molecule has 2 aromatic heterocycles. The van der Waals surface area contributed by atoms with Crippen LogP contribution in [0.1, 0.15) is 48.5 Å². The van der Waals surface area contributed by atoms with E-state index in [9.17, 15) is 4.79 Å². The lowest BCUT2D eigenvalue weighted by molar-refractivity contribution is -0.0396. The predicted octanol–water partition coefficient (Wildman–Crippen LogP) is 3.74. The molecule has 4 rings (SSSR count). The smallest absolute Gasteiger partial charge is 0.254 e. The Morgan fingerprint density at radius 3 is 2.77 bits per heavy atom. The second-order valence-corrected chi connectivity index (χ2v) is 7.36. The molecule has 30 heavy (non-hydrogen) atoms. The summed E-state index contributed by atoms with van der Waals surface area (Å²) in [4.78, 5) is 23.7. The van der Waals surface area contributed by atoms with Gasteiger partial charge in [-0.25, -0.2) is 14.6 Å². The number of amides is 1. The number of aromatic nitrogens is 4. The zero-order valence-electron chi connectivity index (χ0n) is 17.3. The van der Waals surface area contributed by atoms with E-state index in [1.165, 1.54) is 6.42 Å². The van der Waals surface area contributed by atoms with Crippen LogP contribution in [0.2, 0.25) is 0 Å². The summed E-state index contributed by atoms with van der Waals surface area (Å²) < 4.78 is 7.71. The Morgan fingerprint density at radius 2 is 2.00 bits per heavy atom. The number of likely N-dealkylation sites (N-methyl/N-ethyl adjacent to an activating group) is 1. The van der Waals surface area contributed by atoms with Crippen molar-refractivity contribution in [2.45, 2.75) is 38.8 Å². The van der Waals surface area contributed by atoms with Crippen LogP contribution in [0.3, 0.4) is 0 Å². The average molecular weight is 406 g/mol. The molecule has 1 aromatic carbocycles. The second kappa shape index (κ2) is 9.63. The zero-order valence-corrected chi connectivity index (χ0v) is 17.3. The highest BCUT2D eigenvalue weighted by Crippen LogP contribution is 2.23. The third-order valence-electron chi connectivity index (χ3n) is 5.39. The van der Waals surface area contributed by atoms with E-state index in [0.29, 0.717) is 30.9 Å². The van der Waals surface area contributed by atoms with Gasteiger partial charge in [0.2, 0.25) is 0 Å². The summed E-state index contributed by atoms with van der Waals surface area (Å²) in [5.41, 5.74) is 2.34. The molecule has 1 unspecified atom stereocenters. The SMILES string of the molecule is CCN(CCc1ccn(C2CCCCO2)n1)C(=O)c1ccccc1-c1ncccn1. The molecular weight excluding hydrogens is 378 g/mol. The first-order valence-electron chi connectivity index (χ1n) is 10.6. The van der Waals surface area contributed by atoms with Gasteiger partial charge >= 0.3 is 0 Å². The molecule has 1 aliphatic rings. The Bertz CT molecular complexity index is 966. The zero-order chi connectivity index (χ0) is 20.8. The molecule has 1 amide bonds. The summed E-state index contributed by atoms with van der Waals surface area (Å²) in [6.45, 7) is 4.01. The fourth-order valence-corrected chi connectivity index (χ4v) is 3.73. The van der Waals surface area contributed by atoms with E-state index in [0.717, 1.165) is 30.7 Å². The van der Waals surface area contributed by atoms with Crippen molar-refractivity contribution < 1.29 is 9.53 Å². The Balaban J connectivity index is 1.45. The van der Waals surface area contributed by atoms with Crippen LogP contribution in [-0.2, 0) is 11.2 Å². The molecule has 7 nitrogen and oxygen atoms in total. The number of benzene rings is 1. The number of carbonyl (C=O) groups excluding carboxylic acids is 1. The number of ether oxygens (including phenoxy) is 1. The van der Waals surface area contributed by atoms with Crippen molar-refractivity contribution in [1.82, 2.24) is 24.6 Å². The molecule has 1 aliphatic heterocycles. The lowest BCUT2D eigenvalue weighted by Crippen LogP contribution is -2.33. The first-order chi connectivity index (χ1) is 14.8. The maximum atomic E-state index is 13.3. The molecule has 1 fully saturated rings. The largest absolute Gasteiger partial charge is 0.357 e. The van der Waals surface area contributed by atoms with Gasteiger partial charge < -0.3 is 9.64 Å². The van der Waals surface area contributed by atoms with E-state index in [4.69, 9.17) is 4.74 Å². The van der Waals surface area contributed by atoms with E-state index >= 15 is 0 Å². The van der Waals surface area contributed by atoms with Gasteiger partial charge in [-0.15, -0.1) is 0 Å². The van der Waals surface area contributed by atoms with Gasteiger partial charge in [0.15, 0.2) is 5.82 Å². The third kappa shape index (κ3) is 4.57. The number of hydrogen-bond donors (Lipinski definition) is 0. The van der Waals surface area contributed by atoms with Gasteiger partial charge in [0.1, 0.15) is 6.23 Å². The number of nitrogens with zero attached hydrogens (tertiary/aromatic N) is 5. The fraction of sp³-hybridized carbons (Fsp3) is 0.391. The van der Waals surface area contributed by atoms with Crippen LogP contribution < -0.4 is 0 Å². The first kappa shape index (κ1) is 20.2. The van der Waals surface area contributed by atoms with Gasteiger partial charge in [0.25, 0.3) is 5.91 Å². The van der Waals surface area contributed by atoms with Crippen molar-refractivity contribution in [1.29, 1.82) is 0 Å². The first-order valence-corrected chi connectivity index (χ1v) is 10.6. The Morgan fingerprint density at radius 1 is 1.17 bits per heavy atom. The van der Waals surface area contributed by atoms with Crippen molar-refractivity contribution >= 4 is 5.91 Å². The third-order valence-corrected chi connectivity index (χ3v) is 5.39. The highest BCUT2D eigenvalue weighted by Gasteiger charge is 2.20. The van der Waals surface area contributed by atoms with Crippen LogP contribution in [0.15, 0.2) is 55.0 Å². The molecule has 3 aromatic rings. The molecule has 156 valence electrons. The quantitative estimate of drug-likeness (QED) is 0.599. The van der Waals surface area contributed by atoms with E-state index in [1.807, 2.05) is 53.0 Å². The van der Waals surface area contributed by atoms with Crippen LogP contribution in [0.5, 0.6) is 0 Å². The van der Waals surface area contributed by atoms with E-state index in [2.05, 4.69) is 15.1 Å². The van der Waals surface area contributed by atoms with E-state index in [-0.39, 0.29) is 12.1 Å². The number of carbonyl (C=O) groups is 1. The summed E-state index contributed by atoms with van der Waals surface area (Å²) in [7, 11) is 0. The molecular formula is C23H27N5O2. The molecule has 3 heterocycles. The van der Waals surface area contributed by atoms with E-state index < -0.39 is 0 Å². The summed E-state index contributed by atoms with van der Waals surface area (Å²) in [6.07, 6.45) is 9.37. The molecule has 0 N–H and O–H groups in total. The Labute approximate surface area is 176 Å². The summed E-state index contributed by atoms with van der Waals surface area (Å²) in [6, 6.07) is 11.3. The van der Waals surface area contributed by atoms with Gasteiger partial charge in [-0.1, -0.05) is 18.2 Å². The van der Waals surface area contributed by atoms with Crippen molar-refractivity contribution in [3.8, 4) is 11.4 Å². The summed E-state index contributed by atoms with van der Waals surface area (Å²) in [5, 5.41) is 4.67. The summed E-state index contributed by atoms with van der Waals surface area (Å²) >= 11 is 0. The fourth-order valence-electron chi connectivity index (χ4n) is 3.73. The van der Waals surface area contributed by atoms with Crippen LogP contribution >= 0.6 is 0 Å². The van der Waals surface area contributed by atoms with Crippen molar-refractivity contribution in [2.24, 2.45) is 0 Å². The highest BCUT2D eigenvalue weighted by molar-refractivity contribution is 6.00. The monoisotopic (exact) mass is 405 g/mol. The molecule has 0 saturated carbocycles. The van der Waals surface area contributed by atoms with Crippen LogP contribution in [-0.4, -0.2) is 50.3 Å². The van der Waals surface area contributed by atoms with Gasteiger partial charge in [0, 0.05) is 50.3 Å². The van der Waals surface area contributed by atoms with Crippen molar-refractivity contribution in [2.75, 3.05) is 19.7 Å². The molecule has 0 radical (unpaired) electrons. The maximum Gasteiger partial charge on any atom is 0.254 e. The van der Waals surface area contributed by atoms with E-state index in [1.54, 1.807) is 18.5 Å². The molecule has 1 atom stereocenters. The second-order valence-electron chi connectivity index (χ2n) is 7.36. The van der Waals surface area contributed by atoms with Crippen LogP contribution in [0.25, 0.3) is 11.4 Å². The standard InChI is InChI=1S/C23H27N5O2/c1-2-27(15-11-18-12-16-28(26-18)21-10-5-6-17-30-21)23(29)20-9-4-3-8-19(20)22-24-13-7-14-25-22/h3-4,7-9,12-14,16,21H,2,5-6,10-11,15,17H2,1H3. The topological polar surface area (TPSA) is 73.1 Å². The van der Waals surface area contributed by atoms with Gasteiger partial charge in [-0.3, -0.25) is 4.79 Å². The summed E-state index contributed by atoms with van der Waals surface area (Å²) in [5.74, 6) is 0.541. The molecule has 0 spiro atoms. The van der Waals surface area contributed by atoms with Gasteiger partial charge in [-0.05, 0) is 44.4 Å². The van der Waals surface area contributed by atoms with Crippen LogP contribution in [0.4, 0.5) is 0 Å². The molecule has 7 heteroatoms. The Hall–Kier alpha value is -3.06. The molecule has 0 bridgehead atoms. The number of hydrogen-bond acceptors (Lipinski definition) is 5. The predicted molar refractivity (Wildman–Crippen MR) is 114 cm³/mol. The van der Waals surface area contributed by atoms with Crippen molar-refractivity contribution in [3.63, 3.8) is 0 Å². The lowest BCUT2D eigenvalue weighted by Gasteiger charge is -2.23.